The van der Waals surface area contributed by atoms with Crippen LogP contribution < -0.4 is 0 Å². The Hall–Kier alpha value is -2.16. The Morgan fingerprint density at radius 2 is 2.03 bits per heavy atom. The SMILES string of the molecule is C/C=C(\C)C(=O)O[C@H]1C=CN2CC=C(COC(=O)[C@@](O)([C@H](C)OC)C(C)(C)O)[C@H]12. The van der Waals surface area contributed by atoms with E-state index in [1.54, 1.807) is 26.0 Å². The normalized spacial score (nSPS) is 24.6. The molecule has 0 aliphatic carbocycles. The van der Waals surface area contributed by atoms with Gasteiger partial charge in [0.05, 0.1) is 12.1 Å². The van der Waals surface area contributed by atoms with Gasteiger partial charge in [-0.2, -0.15) is 0 Å². The zero-order valence-electron chi connectivity index (χ0n) is 17.8. The molecule has 8 nitrogen and oxygen atoms in total. The maximum atomic E-state index is 12.7. The number of nitrogens with zero attached hydrogens (tertiary/aromatic N) is 1. The molecule has 4 atom stereocenters. The lowest BCUT2D eigenvalue weighted by atomic mass is 9.81. The molecule has 0 aromatic heterocycles. The number of hydrogen-bond donors (Lipinski definition) is 2. The molecule has 2 heterocycles. The number of methoxy groups -OCH3 is 1. The van der Waals surface area contributed by atoms with Crippen molar-refractivity contribution in [3.8, 4) is 0 Å². The molecule has 2 N–H and O–H groups in total. The van der Waals surface area contributed by atoms with Crippen LogP contribution in [0.3, 0.4) is 0 Å². The van der Waals surface area contributed by atoms with E-state index in [4.69, 9.17) is 14.2 Å². The van der Waals surface area contributed by atoms with E-state index >= 15 is 0 Å². The third-order valence-electron chi connectivity index (χ3n) is 5.63. The largest absolute Gasteiger partial charge is 0.459 e. The second-order valence-corrected chi connectivity index (χ2v) is 7.88. The Kier molecular flexibility index (Phi) is 6.93. The molecule has 0 unspecified atom stereocenters. The first-order valence-corrected chi connectivity index (χ1v) is 9.59. The monoisotopic (exact) mass is 409 g/mol. The van der Waals surface area contributed by atoms with E-state index in [0.29, 0.717) is 12.1 Å². The molecule has 8 heteroatoms. The maximum Gasteiger partial charge on any atom is 0.344 e. The minimum Gasteiger partial charge on any atom is -0.459 e. The summed E-state index contributed by atoms with van der Waals surface area (Å²) in [5.41, 5.74) is -2.77. The average molecular weight is 409 g/mol. The molecule has 2 aliphatic heterocycles. The van der Waals surface area contributed by atoms with Crippen molar-refractivity contribution in [2.45, 2.75) is 64.1 Å². The Morgan fingerprint density at radius 3 is 2.59 bits per heavy atom. The topological polar surface area (TPSA) is 106 Å². The molecule has 0 saturated heterocycles. The van der Waals surface area contributed by atoms with Gasteiger partial charge >= 0.3 is 11.9 Å². The standard InChI is InChI=1S/C21H31NO7/c1-7-13(2)18(23)29-16-9-11-22-10-8-15(17(16)22)12-28-19(24)21(26,14(3)27-6)20(4,5)25/h7-9,11,14,16-17,25-26H,10,12H2,1-6H3/b13-7+/t14-,16-,17+,21-/m0/s1. The van der Waals surface area contributed by atoms with E-state index in [9.17, 15) is 19.8 Å². The highest BCUT2D eigenvalue weighted by atomic mass is 16.6. The highest BCUT2D eigenvalue weighted by Crippen LogP contribution is 2.32. The zero-order chi connectivity index (χ0) is 22.0. The molecule has 162 valence electrons. The minimum absolute atomic E-state index is 0.104. The summed E-state index contributed by atoms with van der Waals surface area (Å²) in [6.07, 6.45) is 5.72. The van der Waals surface area contributed by atoms with Crippen molar-refractivity contribution >= 4 is 11.9 Å². The van der Waals surface area contributed by atoms with Crippen LogP contribution in [-0.4, -0.2) is 76.8 Å². The van der Waals surface area contributed by atoms with Gasteiger partial charge in [0, 0.05) is 19.2 Å². The lowest BCUT2D eigenvalue weighted by molar-refractivity contribution is -0.216. The fourth-order valence-corrected chi connectivity index (χ4v) is 3.45. The smallest absolute Gasteiger partial charge is 0.344 e. The first kappa shape index (κ1) is 23.1. The van der Waals surface area contributed by atoms with Gasteiger partial charge in [-0.3, -0.25) is 0 Å². The zero-order valence-corrected chi connectivity index (χ0v) is 17.8. The van der Waals surface area contributed by atoms with Crippen molar-refractivity contribution in [1.29, 1.82) is 0 Å². The van der Waals surface area contributed by atoms with Crippen LogP contribution in [0, 0.1) is 0 Å². The van der Waals surface area contributed by atoms with E-state index < -0.39 is 35.3 Å². The molecule has 0 radical (unpaired) electrons. The number of esters is 2. The Bertz CT molecular complexity index is 734. The molecule has 0 aromatic rings. The maximum absolute atomic E-state index is 12.7. The van der Waals surface area contributed by atoms with E-state index in [2.05, 4.69) is 0 Å². The number of ether oxygens (including phenoxy) is 3. The first-order chi connectivity index (χ1) is 13.5. The number of allylic oxidation sites excluding steroid dienone is 1. The Morgan fingerprint density at radius 1 is 1.38 bits per heavy atom. The number of carbonyl (C=O) groups is 2. The van der Waals surface area contributed by atoms with Crippen LogP contribution in [0.2, 0.25) is 0 Å². The van der Waals surface area contributed by atoms with Gasteiger partial charge in [-0.15, -0.1) is 0 Å². The first-order valence-electron chi connectivity index (χ1n) is 9.59. The van der Waals surface area contributed by atoms with Crippen molar-refractivity contribution < 1.29 is 34.0 Å². The van der Waals surface area contributed by atoms with E-state index in [0.717, 1.165) is 5.57 Å². The molecular formula is C21H31NO7. The van der Waals surface area contributed by atoms with Crippen molar-refractivity contribution in [3.63, 3.8) is 0 Å². The quantitative estimate of drug-likeness (QED) is 0.349. The lowest BCUT2D eigenvalue weighted by Crippen LogP contribution is -2.63. The van der Waals surface area contributed by atoms with Crippen molar-refractivity contribution in [2.75, 3.05) is 20.3 Å². The number of rotatable bonds is 8. The predicted molar refractivity (Wildman–Crippen MR) is 106 cm³/mol. The van der Waals surface area contributed by atoms with E-state index in [1.165, 1.54) is 27.9 Å². The van der Waals surface area contributed by atoms with Crippen LogP contribution in [-0.2, 0) is 23.8 Å². The number of carbonyl (C=O) groups excluding carboxylic acids is 2. The number of aliphatic hydroxyl groups is 2. The van der Waals surface area contributed by atoms with Crippen LogP contribution in [0.4, 0.5) is 0 Å². The molecule has 2 rings (SSSR count). The summed E-state index contributed by atoms with van der Waals surface area (Å²) in [5.74, 6) is -1.39. The van der Waals surface area contributed by atoms with Gasteiger partial charge in [-0.25, -0.2) is 9.59 Å². The Balaban J connectivity index is 2.08. The minimum atomic E-state index is -2.25. The van der Waals surface area contributed by atoms with Gasteiger partial charge in [-0.1, -0.05) is 12.2 Å². The van der Waals surface area contributed by atoms with Gasteiger partial charge in [0.25, 0.3) is 0 Å². The van der Waals surface area contributed by atoms with Crippen LogP contribution >= 0.6 is 0 Å². The third-order valence-corrected chi connectivity index (χ3v) is 5.63. The van der Waals surface area contributed by atoms with Gasteiger partial charge in [0.2, 0.25) is 5.60 Å². The molecule has 0 bridgehead atoms. The molecule has 0 spiro atoms. The van der Waals surface area contributed by atoms with Gasteiger partial charge in [-0.05, 0) is 52.5 Å². The molecule has 0 amide bonds. The molecule has 2 aliphatic rings. The summed E-state index contributed by atoms with van der Waals surface area (Å²) in [6, 6.07) is -0.272. The lowest BCUT2D eigenvalue weighted by Gasteiger charge is -2.40. The summed E-state index contributed by atoms with van der Waals surface area (Å²) < 4.78 is 16.0. The predicted octanol–water partition coefficient (Wildman–Crippen LogP) is 1.08. The molecular weight excluding hydrogens is 378 g/mol. The molecule has 0 saturated carbocycles. The number of hydrogen-bond acceptors (Lipinski definition) is 8. The second kappa shape index (κ2) is 8.69. The summed E-state index contributed by atoms with van der Waals surface area (Å²) in [5, 5.41) is 21.2. The highest BCUT2D eigenvalue weighted by molar-refractivity contribution is 5.88. The van der Waals surface area contributed by atoms with Crippen molar-refractivity contribution in [3.05, 3.63) is 35.6 Å². The van der Waals surface area contributed by atoms with Crippen molar-refractivity contribution in [1.82, 2.24) is 4.90 Å². The second-order valence-electron chi connectivity index (χ2n) is 7.88. The summed E-state index contributed by atoms with van der Waals surface area (Å²) in [6.45, 7) is 8.05. The van der Waals surface area contributed by atoms with Crippen LogP contribution in [0.15, 0.2) is 35.6 Å². The summed E-state index contributed by atoms with van der Waals surface area (Å²) >= 11 is 0. The van der Waals surface area contributed by atoms with Gasteiger partial charge < -0.3 is 29.3 Å². The van der Waals surface area contributed by atoms with E-state index in [-0.39, 0.29) is 12.6 Å². The highest BCUT2D eigenvalue weighted by Gasteiger charge is 2.55. The third kappa shape index (κ3) is 4.39. The van der Waals surface area contributed by atoms with Crippen LogP contribution in [0.25, 0.3) is 0 Å². The van der Waals surface area contributed by atoms with Crippen molar-refractivity contribution in [2.24, 2.45) is 0 Å². The summed E-state index contributed by atoms with van der Waals surface area (Å²) in [7, 11) is 1.34. The fourth-order valence-electron chi connectivity index (χ4n) is 3.45. The number of fused-ring (bicyclic) bond motifs is 1. The van der Waals surface area contributed by atoms with E-state index in [1.807, 2.05) is 17.2 Å². The fraction of sp³-hybridized carbons (Fsp3) is 0.619. The van der Waals surface area contributed by atoms with Crippen LogP contribution in [0.1, 0.15) is 34.6 Å². The molecule has 0 aromatic carbocycles. The molecule has 0 fully saturated rings. The van der Waals surface area contributed by atoms with Gasteiger partial charge in [0.1, 0.15) is 18.3 Å². The van der Waals surface area contributed by atoms with Crippen LogP contribution in [0.5, 0.6) is 0 Å². The molecule has 29 heavy (non-hydrogen) atoms. The Labute approximate surface area is 171 Å². The summed E-state index contributed by atoms with van der Waals surface area (Å²) in [4.78, 5) is 26.8. The van der Waals surface area contributed by atoms with Gasteiger partial charge in [0.15, 0.2) is 0 Å². The average Bonchev–Trinajstić information content (AvgIpc) is 3.26.